The first-order valence-electron chi connectivity index (χ1n) is 5.33. The number of benzene rings is 1. The molecule has 1 amide bonds. The van der Waals surface area contributed by atoms with Crippen LogP contribution < -0.4 is 5.32 Å². The van der Waals surface area contributed by atoms with Crippen molar-refractivity contribution in [2.75, 3.05) is 5.32 Å². The van der Waals surface area contributed by atoms with Crippen LogP contribution in [0.2, 0.25) is 0 Å². The van der Waals surface area contributed by atoms with Crippen LogP contribution in [0.4, 0.5) is 5.69 Å². The molecule has 0 fully saturated rings. The average molecular weight is 326 g/mol. The van der Waals surface area contributed by atoms with Gasteiger partial charge in [0.15, 0.2) is 0 Å². The molecule has 0 atom stereocenters. The molecule has 2 N–H and O–H groups in total. The molecule has 0 radical (unpaired) electrons. The van der Waals surface area contributed by atoms with Crippen LogP contribution in [0.3, 0.4) is 0 Å². The summed E-state index contributed by atoms with van der Waals surface area (Å²) in [5, 5.41) is 14.4. The summed E-state index contributed by atoms with van der Waals surface area (Å²) in [7, 11) is 0. The molecule has 2 rings (SSSR count). The topological polar surface area (TPSA) is 49.3 Å². The molecule has 1 aromatic carbocycles. The molecule has 0 bridgehead atoms. The van der Waals surface area contributed by atoms with Gasteiger partial charge in [0.25, 0.3) is 5.91 Å². The van der Waals surface area contributed by atoms with Gasteiger partial charge in [-0.1, -0.05) is 6.07 Å². The lowest BCUT2D eigenvalue weighted by atomic mass is 10.1. The summed E-state index contributed by atoms with van der Waals surface area (Å²) in [6, 6.07) is 5.34. The monoisotopic (exact) mass is 325 g/mol. The summed E-state index contributed by atoms with van der Waals surface area (Å²) in [5.41, 5.74) is 2.71. The number of carbonyl (C=O) groups is 1. The van der Waals surface area contributed by atoms with E-state index in [0.717, 1.165) is 9.35 Å². The maximum Gasteiger partial charge on any atom is 0.256 e. The number of aryl methyl sites for hydroxylation is 1. The highest BCUT2D eigenvalue weighted by atomic mass is 79.9. The third-order valence-electron chi connectivity index (χ3n) is 2.71. The number of nitrogens with one attached hydrogen (secondary N) is 1. The number of rotatable bonds is 2. The quantitative estimate of drug-likeness (QED) is 0.873. The fourth-order valence-electron chi connectivity index (χ4n) is 1.59. The van der Waals surface area contributed by atoms with Crippen molar-refractivity contribution in [2.24, 2.45) is 0 Å². The van der Waals surface area contributed by atoms with Crippen LogP contribution in [0, 0.1) is 13.8 Å². The van der Waals surface area contributed by atoms with Crippen molar-refractivity contribution in [3.05, 3.63) is 44.1 Å². The summed E-state index contributed by atoms with van der Waals surface area (Å²) in [6.45, 7) is 3.60. The van der Waals surface area contributed by atoms with Crippen molar-refractivity contribution in [3.63, 3.8) is 0 Å². The van der Waals surface area contributed by atoms with Crippen LogP contribution >= 0.6 is 27.3 Å². The minimum absolute atomic E-state index is 0.177. The highest BCUT2D eigenvalue weighted by Crippen LogP contribution is 2.29. The zero-order valence-corrected chi connectivity index (χ0v) is 12.4. The van der Waals surface area contributed by atoms with E-state index in [1.807, 2.05) is 6.92 Å². The Kier molecular flexibility index (Phi) is 3.73. The van der Waals surface area contributed by atoms with Crippen LogP contribution in [0.5, 0.6) is 5.75 Å². The Hall–Kier alpha value is -1.33. The molecule has 5 heteroatoms. The second-order valence-electron chi connectivity index (χ2n) is 4.00. The van der Waals surface area contributed by atoms with Crippen molar-refractivity contribution >= 4 is 38.9 Å². The van der Waals surface area contributed by atoms with E-state index >= 15 is 0 Å². The van der Waals surface area contributed by atoms with Gasteiger partial charge in [-0.25, -0.2) is 0 Å². The molecule has 18 heavy (non-hydrogen) atoms. The Labute approximate surface area is 118 Å². The van der Waals surface area contributed by atoms with Crippen molar-refractivity contribution in [2.45, 2.75) is 13.8 Å². The molecule has 0 aliphatic rings. The molecule has 2 aromatic rings. The number of phenolic OH excluding ortho intramolecular Hbond substituents is 1. The van der Waals surface area contributed by atoms with Crippen LogP contribution in [-0.2, 0) is 0 Å². The van der Waals surface area contributed by atoms with Crippen molar-refractivity contribution in [3.8, 4) is 5.75 Å². The zero-order chi connectivity index (χ0) is 13.3. The largest absolute Gasteiger partial charge is 0.507 e. The van der Waals surface area contributed by atoms with Gasteiger partial charge >= 0.3 is 0 Å². The molecular weight excluding hydrogens is 314 g/mol. The average Bonchev–Trinajstić information content (AvgIpc) is 2.77. The number of anilines is 1. The minimum Gasteiger partial charge on any atom is -0.507 e. The molecular formula is C13H12BrNO2S. The Morgan fingerprint density at radius 1 is 1.39 bits per heavy atom. The lowest BCUT2D eigenvalue weighted by Gasteiger charge is -2.10. The van der Waals surface area contributed by atoms with Gasteiger partial charge in [-0.05, 0) is 47.5 Å². The van der Waals surface area contributed by atoms with Crippen molar-refractivity contribution in [1.29, 1.82) is 0 Å². The second-order valence-corrected chi connectivity index (χ2v) is 6.29. The number of carbonyl (C=O) groups excluding carboxylic acids is 1. The van der Waals surface area contributed by atoms with E-state index < -0.39 is 0 Å². The van der Waals surface area contributed by atoms with Gasteiger partial charge in [-0.15, -0.1) is 11.3 Å². The first kappa shape index (κ1) is 13.1. The number of amides is 1. The van der Waals surface area contributed by atoms with Gasteiger partial charge in [0, 0.05) is 16.6 Å². The Balaban J connectivity index is 2.25. The third kappa shape index (κ3) is 2.57. The number of phenols is 1. The van der Waals surface area contributed by atoms with Crippen LogP contribution in [0.1, 0.15) is 21.5 Å². The fraction of sp³-hybridized carbons (Fsp3) is 0.154. The fourth-order valence-corrected chi connectivity index (χ4v) is 2.73. The maximum atomic E-state index is 12.0. The van der Waals surface area contributed by atoms with E-state index in [9.17, 15) is 9.90 Å². The summed E-state index contributed by atoms with van der Waals surface area (Å²) in [6.07, 6.45) is 0. The molecule has 0 aliphatic heterocycles. The van der Waals surface area contributed by atoms with Gasteiger partial charge in [-0.3, -0.25) is 4.79 Å². The Morgan fingerprint density at radius 3 is 2.72 bits per heavy atom. The van der Waals surface area contributed by atoms with Gasteiger partial charge in [0.1, 0.15) is 5.75 Å². The van der Waals surface area contributed by atoms with Gasteiger partial charge < -0.3 is 10.4 Å². The number of halogens is 1. The van der Waals surface area contributed by atoms with E-state index in [4.69, 9.17) is 0 Å². The van der Waals surface area contributed by atoms with Crippen LogP contribution in [0.25, 0.3) is 0 Å². The zero-order valence-electron chi connectivity index (χ0n) is 9.95. The van der Waals surface area contributed by atoms with E-state index in [1.165, 1.54) is 11.3 Å². The van der Waals surface area contributed by atoms with E-state index in [-0.39, 0.29) is 11.7 Å². The number of hydrogen-bond donors (Lipinski definition) is 2. The molecule has 1 aromatic heterocycles. The normalized spacial score (nSPS) is 10.4. The summed E-state index contributed by atoms with van der Waals surface area (Å²) < 4.78 is 0.913. The van der Waals surface area contributed by atoms with Gasteiger partial charge in [-0.2, -0.15) is 0 Å². The SMILES string of the molecule is Cc1ccc(NC(=O)c2csc(Br)c2)c(C)c1O. The smallest absolute Gasteiger partial charge is 0.256 e. The van der Waals surface area contributed by atoms with Crippen LogP contribution in [-0.4, -0.2) is 11.0 Å². The summed E-state index contributed by atoms with van der Waals surface area (Å²) >= 11 is 4.78. The predicted octanol–water partition coefficient (Wildman–Crippen LogP) is 4.09. The molecule has 1 heterocycles. The molecule has 0 unspecified atom stereocenters. The molecule has 0 saturated heterocycles. The molecule has 0 aliphatic carbocycles. The van der Waals surface area contributed by atoms with Gasteiger partial charge in [0.2, 0.25) is 0 Å². The summed E-state index contributed by atoms with van der Waals surface area (Å²) in [5.74, 6) is 0.0441. The minimum atomic E-state index is -0.177. The van der Waals surface area contributed by atoms with Gasteiger partial charge in [0.05, 0.1) is 9.35 Å². The number of aromatic hydroxyl groups is 1. The number of hydrogen-bond acceptors (Lipinski definition) is 3. The molecule has 0 saturated carbocycles. The summed E-state index contributed by atoms with van der Waals surface area (Å²) in [4.78, 5) is 12.0. The third-order valence-corrected chi connectivity index (χ3v) is 4.22. The van der Waals surface area contributed by atoms with Crippen molar-refractivity contribution < 1.29 is 9.90 Å². The lowest BCUT2D eigenvalue weighted by molar-refractivity contribution is 0.102. The Morgan fingerprint density at radius 2 is 2.11 bits per heavy atom. The predicted molar refractivity (Wildman–Crippen MR) is 77.6 cm³/mol. The van der Waals surface area contributed by atoms with Crippen LogP contribution in [0.15, 0.2) is 27.4 Å². The molecule has 94 valence electrons. The van der Waals surface area contributed by atoms with E-state index in [2.05, 4.69) is 21.2 Å². The van der Waals surface area contributed by atoms with E-state index in [0.29, 0.717) is 16.8 Å². The second kappa shape index (κ2) is 5.12. The maximum absolute atomic E-state index is 12.0. The first-order chi connectivity index (χ1) is 8.49. The highest BCUT2D eigenvalue weighted by molar-refractivity contribution is 9.11. The molecule has 3 nitrogen and oxygen atoms in total. The first-order valence-corrected chi connectivity index (χ1v) is 7.01. The number of thiophene rings is 1. The van der Waals surface area contributed by atoms with Crippen molar-refractivity contribution in [1.82, 2.24) is 0 Å². The van der Waals surface area contributed by atoms with E-state index in [1.54, 1.807) is 30.5 Å². The molecule has 0 spiro atoms. The lowest BCUT2D eigenvalue weighted by Crippen LogP contribution is -2.11. The Bertz CT molecular complexity index is 607. The standard InChI is InChI=1S/C13H12BrNO2S/c1-7-3-4-10(8(2)12(7)16)15-13(17)9-5-11(14)18-6-9/h3-6,16H,1-2H3,(H,15,17). The highest BCUT2D eigenvalue weighted by Gasteiger charge is 2.12.